The first-order valence-electron chi connectivity index (χ1n) is 6.89. The summed E-state index contributed by atoms with van der Waals surface area (Å²) in [6.07, 6.45) is -0.455. The number of ether oxygens (including phenoxy) is 2. The van der Waals surface area contributed by atoms with E-state index in [0.29, 0.717) is 10.2 Å². The van der Waals surface area contributed by atoms with Crippen LogP contribution in [0.2, 0.25) is 0 Å². The number of rotatable bonds is 7. The Morgan fingerprint density at radius 3 is 2.39 bits per heavy atom. The third-order valence-corrected chi connectivity index (χ3v) is 5.79. The number of hydrogen-bond donors (Lipinski definition) is 1. The van der Waals surface area contributed by atoms with E-state index < -0.39 is 16.1 Å². The summed E-state index contributed by atoms with van der Waals surface area (Å²) in [6.45, 7) is 0.0978. The molecule has 0 aliphatic rings. The summed E-state index contributed by atoms with van der Waals surface area (Å²) >= 11 is 3.25. The summed E-state index contributed by atoms with van der Waals surface area (Å²) in [4.78, 5) is 0.190. The van der Waals surface area contributed by atoms with E-state index in [2.05, 4.69) is 20.7 Å². The van der Waals surface area contributed by atoms with Gasteiger partial charge >= 0.3 is 0 Å². The van der Waals surface area contributed by atoms with Crippen LogP contribution < -0.4 is 9.46 Å². The Labute approximate surface area is 144 Å². The van der Waals surface area contributed by atoms with Crippen molar-refractivity contribution in [2.75, 3.05) is 20.8 Å². The highest BCUT2D eigenvalue weighted by molar-refractivity contribution is 9.10. The van der Waals surface area contributed by atoms with Crippen LogP contribution in [-0.4, -0.2) is 29.2 Å². The van der Waals surface area contributed by atoms with Crippen LogP contribution in [0.3, 0.4) is 0 Å². The van der Waals surface area contributed by atoms with Crippen LogP contribution in [0.25, 0.3) is 0 Å². The molecule has 124 valence electrons. The van der Waals surface area contributed by atoms with Crippen molar-refractivity contribution < 1.29 is 17.9 Å². The fraction of sp³-hybridized carbons (Fsp3) is 0.250. The molecule has 2 aromatic carbocycles. The zero-order valence-electron chi connectivity index (χ0n) is 12.8. The summed E-state index contributed by atoms with van der Waals surface area (Å²) in [6, 6.07) is 14.0. The van der Waals surface area contributed by atoms with Crippen LogP contribution in [0.5, 0.6) is 5.75 Å². The van der Waals surface area contributed by atoms with E-state index in [0.717, 1.165) is 5.56 Å². The monoisotopic (exact) mass is 399 g/mol. The standard InChI is InChI=1S/C16H18BrNO4S/c1-21-14-9-5-3-7-12(14)15(22-2)11-18-23(19,20)16-10-6-4-8-13(16)17/h3-10,15,18H,11H2,1-2H3. The molecular weight excluding hydrogens is 382 g/mol. The number of methoxy groups -OCH3 is 2. The molecule has 7 heteroatoms. The predicted molar refractivity (Wildman–Crippen MR) is 92.1 cm³/mol. The Morgan fingerprint density at radius 1 is 1.09 bits per heavy atom. The van der Waals surface area contributed by atoms with Crippen LogP contribution in [0.15, 0.2) is 57.9 Å². The molecule has 0 bridgehead atoms. The SMILES string of the molecule is COc1ccccc1C(CNS(=O)(=O)c1ccccc1Br)OC. The first-order valence-corrected chi connectivity index (χ1v) is 9.17. The predicted octanol–water partition coefficient (Wildman–Crippen LogP) is 3.12. The number of hydrogen-bond acceptors (Lipinski definition) is 4. The molecule has 0 heterocycles. The molecule has 0 aromatic heterocycles. The topological polar surface area (TPSA) is 64.6 Å². The number of para-hydroxylation sites is 1. The second-order valence-corrected chi connectivity index (χ2v) is 7.34. The third kappa shape index (κ3) is 4.32. The Kier molecular flexibility index (Phi) is 6.17. The Bertz CT molecular complexity index is 764. The molecule has 0 fully saturated rings. The van der Waals surface area contributed by atoms with Crippen molar-refractivity contribution in [1.82, 2.24) is 4.72 Å². The first kappa shape index (κ1) is 17.9. The molecule has 5 nitrogen and oxygen atoms in total. The lowest BCUT2D eigenvalue weighted by Gasteiger charge is -2.19. The van der Waals surface area contributed by atoms with Gasteiger partial charge in [0.2, 0.25) is 10.0 Å². The zero-order valence-corrected chi connectivity index (χ0v) is 15.2. The molecule has 23 heavy (non-hydrogen) atoms. The van der Waals surface area contributed by atoms with Crippen LogP contribution in [0.4, 0.5) is 0 Å². The minimum Gasteiger partial charge on any atom is -0.496 e. The first-order chi connectivity index (χ1) is 11.0. The molecule has 1 unspecified atom stereocenters. The van der Waals surface area contributed by atoms with Crippen molar-refractivity contribution >= 4 is 26.0 Å². The highest BCUT2D eigenvalue weighted by Gasteiger charge is 2.21. The summed E-state index contributed by atoms with van der Waals surface area (Å²) in [5, 5.41) is 0. The van der Waals surface area contributed by atoms with Gasteiger partial charge in [-0.05, 0) is 34.1 Å². The van der Waals surface area contributed by atoms with Crippen molar-refractivity contribution in [1.29, 1.82) is 0 Å². The zero-order chi connectivity index (χ0) is 16.9. The van der Waals surface area contributed by atoms with E-state index in [1.807, 2.05) is 24.3 Å². The molecule has 0 saturated heterocycles. The van der Waals surface area contributed by atoms with Crippen molar-refractivity contribution in [3.05, 3.63) is 58.6 Å². The molecule has 2 aromatic rings. The fourth-order valence-corrected chi connectivity index (χ4v) is 4.21. The molecule has 1 atom stereocenters. The molecule has 0 aliphatic heterocycles. The Balaban J connectivity index is 2.19. The normalized spacial score (nSPS) is 12.8. The van der Waals surface area contributed by atoms with Gasteiger partial charge < -0.3 is 9.47 Å². The number of benzene rings is 2. The maximum absolute atomic E-state index is 12.4. The molecule has 0 saturated carbocycles. The van der Waals surface area contributed by atoms with E-state index in [-0.39, 0.29) is 11.4 Å². The molecule has 0 aliphatic carbocycles. The van der Waals surface area contributed by atoms with Crippen molar-refractivity contribution in [3.8, 4) is 5.75 Å². The maximum atomic E-state index is 12.4. The number of halogens is 1. The molecular formula is C16H18BrNO4S. The summed E-state index contributed by atoms with van der Waals surface area (Å²) in [7, 11) is -0.544. The second kappa shape index (κ2) is 7.92. The van der Waals surface area contributed by atoms with Gasteiger partial charge in [0, 0.05) is 23.7 Å². The molecule has 2 rings (SSSR count). The lowest BCUT2D eigenvalue weighted by molar-refractivity contribution is 0.105. The van der Waals surface area contributed by atoms with Gasteiger partial charge in [-0.25, -0.2) is 13.1 Å². The number of nitrogens with one attached hydrogen (secondary N) is 1. The van der Waals surface area contributed by atoms with Crippen LogP contribution in [0, 0.1) is 0 Å². The van der Waals surface area contributed by atoms with Crippen LogP contribution in [0.1, 0.15) is 11.7 Å². The lowest BCUT2D eigenvalue weighted by atomic mass is 10.1. The molecule has 1 N–H and O–H groups in total. The molecule has 0 amide bonds. The van der Waals surface area contributed by atoms with Crippen molar-refractivity contribution in [2.45, 2.75) is 11.0 Å². The Morgan fingerprint density at radius 2 is 1.74 bits per heavy atom. The van der Waals surface area contributed by atoms with Crippen LogP contribution >= 0.6 is 15.9 Å². The van der Waals surface area contributed by atoms with Gasteiger partial charge in [-0.15, -0.1) is 0 Å². The third-order valence-electron chi connectivity index (χ3n) is 3.36. The van der Waals surface area contributed by atoms with E-state index >= 15 is 0 Å². The summed E-state index contributed by atoms with van der Waals surface area (Å²) in [5.41, 5.74) is 0.785. The van der Waals surface area contributed by atoms with Crippen molar-refractivity contribution in [3.63, 3.8) is 0 Å². The summed E-state index contributed by atoms with van der Waals surface area (Å²) < 4.78 is 38.7. The van der Waals surface area contributed by atoms with Crippen LogP contribution in [-0.2, 0) is 14.8 Å². The minimum atomic E-state index is -3.64. The van der Waals surface area contributed by atoms with E-state index in [4.69, 9.17) is 9.47 Å². The summed E-state index contributed by atoms with van der Waals surface area (Å²) in [5.74, 6) is 0.652. The largest absolute Gasteiger partial charge is 0.496 e. The molecule has 0 radical (unpaired) electrons. The van der Waals surface area contributed by atoms with Gasteiger partial charge in [-0.3, -0.25) is 0 Å². The van der Waals surface area contributed by atoms with Gasteiger partial charge in [-0.2, -0.15) is 0 Å². The van der Waals surface area contributed by atoms with Gasteiger partial charge in [0.15, 0.2) is 0 Å². The molecule has 0 spiro atoms. The minimum absolute atomic E-state index is 0.0978. The van der Waals surface area contributed by atoms with Crippen molar-refractivity contribution in [2.24, 2.45) is 0 Å². The van der Waals surface area contributed by atoms with E-state index in [1.54, 1.807) is 25.3 Å². The fourth-order valence-electron chi connectivity index (χ4n) is 2.18. The smallest absolute Gasteiger partial charge is 0.241 e. The Hall–Kier alpha value is -1.41. The number of sulfonamides is 1. The van der Waals surface area contributed by atoms with E-state index in [1.165, 1.54) is 13.2 Å². The van der Waals surface area contributed by atoms with E-state index in [9.17, 15) is 8.42 Å². The highest BCUT2D eigenvalue weighted by Crippen LogP contribution is 2.27. The second-order valence-electron chi connectivity index (χ2n) is 4.75. The maximum Gasteiger partial charge on any atom is 0.241 e. The van der Waals surface area contributed by atoms with Gasteiger partial charge in [-0.1, -0.05) is 30.3 Å². The van der Waals surface area contributed by atoms with Gasteiger partial charge in [0.1, 0.15) is 5.75 Å². The lowest BCUT2D eigenvalue weighted by Crippen LogP contribution is -2.29. The average molecular weight is 400 g/mol. The highest BCUT2D eigenvalue weighted by atomic mass is 79.9. The average Bonchev–Trinajstić information content (AvgIpc) is 2.56. The van der Waals surface area contributed by atoms with Gasteiger partial charge in [0.25, 0.3) is 0 Å². The quantitative estimate of drug-likeness (QED) is 0.776. The van der Waals surface area contributed by atoms with Gasteiger partial charge in [0.05, 0.1) is 18.1 Å².